The Hall–Kier alpha value is -2.00. The van der Waals surface area contributed by atoms with Crippen LogP contribution in [0.1, 0.15) is 32.8 Å². The molecule has 0 saturated heterocycles. The van der Waals surface area contributed by atoms with Crippen LogP contribution in [0.25, 0.3) is 0 Å². The lowest BCUT2D eigenvalue weighted by Gasteiger charge is -2.19. The van der Waals surface area contributed by atoms with E-state index in [-0.39, 0.29) is 37.1 Å². The molecular weight excluding hydrogens is 391 g/mol. The molecule has 10 heteroatoms. The summed E-state index contributed by atoms with van der Waals surface area (Å²) in [7, 11) is 0. The minimum atomic E-state index is -4.84. The Balaban J connectivity index is 2.32. The lowest BCUT2D eigenvalue weighted by molar-refractivity contribution is -0.274. The van der Waals surface area contributed by atoms with Crippen LogP contribution in [-0.4, -0.2) is 37.0 Å². The van der Waals surface area contributed by atoms with Gasteiger partial charge >= 0.3 is 18.3 Å². The topological polar surface area (TPSA) is 73.9 Å². The molecule has 0 atom stereocenters. The summed E-state index contributed by atoms with van der Waals surface area (Å²) in [5, 5.41) is 2.48. The van der Waals surface area contributed by atoms with E-state index in [0.29, 0.717) is 5.56 Å². The smallest absolute Gasteiger partial charge is 0.460 e. The third-order valence-electron chi connectivity index (χ3n) is 2.82. The minimum absolute atomic E-state index is 0.0980. The van der Waals surface area contributed by atoms with E-state index in [1.54, 1.807) is 20.8 Å². The average molecular weight is 412 g/mol. The van der Waals surface area contributed by atoms with Gasteiger partial charge in [-0.1, -0.05) is 17.7 Å². The lowest BCUT2D eigenvalue weighted by Crippen LogP contribution is -2.29. The van der Waals surface area contributed by atoms with Crippen molar-refractivity contribution in [3.63, 3.8) is 0 Å². The Morgan fingerprint density at radius 1 is 1.15 bits per heavy atom. The van der Waals surface area contributed by atoms with Crippen LogP contribution in [0.3, 0.4) is 0 Å². The number of halogens is 4. The van der Waals surface area contributed by atoms with Gasteiger partial charge in [-0.25, -0.2) is 0 Å². The van der Waals surface area contributed by atoms with Crippen LogP contribution in [0.2, 0.25) is 5.02 Å². The molecule has 0 aliphatic rings. The molecule has 0 aliphatic heterocycles. The molecule has 0 saturated carbocycles. The summed E-state index contributed by atoms with van der Waals surface area (Å²) < 4.78 is 50.3. The summed E-state index contributed by atoms with van der Waals surface area (Å²) in [4.78, 5) is 23.1. The third kappa shape index (κ3) is 10.7. The first kappa shape index (κ1) is 23.0. The van der Waals surface area contributed by atoms with Crippen molar-refractivity contribution in [2.75, 3.05) is 13.1 Å². The third-order valence-corrected chi connectivity index (χ3v) is 3.11. The first-order valence-electron chi connectivity index (χ1n) is 7.98. The largest absolute Gasteiger partial charge is 0.573 e. The predicted octanol–water partition coefficient (Wildman–Crippen LogP) is 3.60. The summed E-state index contributed by atoms with van der Waals surface area (Å²) in [6.07, 6.45) is -4.75. The zero-order valence-electron chi connectivity index (χ0n) is 15.1. The fraction of sp³-hybridized carbons (Fsp3) is 0.529. The van der Waals surface area contributed by atoms with Crippen LogP contribution < -0.4 is 10.1 Å². The van der Waals surface area contributed by atoms with Gasteiger partial charge in [0.05, 0.1) is 18.0 Å². The van der Waals surface area contributed by atoms with E-state index < -0.39 is 23.7 Å². The van der Waals surface area contributed by atoms with Crippen LogP contribution in [0.5, 0.6) is 5.75 Å². The summed E-state index contributed by atoms with van der Waals surface area (Å²) in [6, 6.07) is 3.56. The molecule has 1 aromatic carbocycles. The molecule has 0 spiro atoms. The summed E-state index contributed by atoms with van der Waals surface area (Å²) in [5.41, 5.74) is -0.172. The number of hydrogen-bond acceptors (Lipinski definition) is 6. The number of carbonyl (C=O) groups is 2. The van der Waals surface area contributed by atoms with Gasteiger partial charge in [0.25, 0.3) is 0 Å². The van der Waals surface area contributed by atoms with Crippen molar-refractivity contribution >= 4 is 23.5 Å². The summed E-state index contributed by atoms with van der Waals surface area (Å²) in [5.74, 6) is -1.52. The van der Waals surface area contributed by atoms with Gasteiger partial charge in [0.1, 0.15) is 18.0 Å². The Bertz CT molecular complexity index is 659. The number of rotatable bonds is 8. The second-order valence-electron chi connectivity index (χ2n) is 6.49. The molecular formula is C17H21ClF3NO5. The summed E-state index contributed by atoms with van der Waals surface area (Å²) >= 11 is 5.71. The predicted molar refractivity (Wildman–Crippen MR) is 91.3 cm³/mol. The highest BCUT2D eigenvalue weighted by Crippen LogP contribution is 2.30. The molecule has 0 radical (unpaired) electrons. The molecule has 0 aromatic heterocycles. The molecule has 27 heavy (non-hydrogen) atoms. The Kier molecular flexibility index (Phi) is 8.36. The molecule has 0 bridgehead atoms. The molecule has 1 N–H and O–H groups in total. The lowest BCUT2D eigenvalue weighted by atomic mass is 10.2. The standard InChI is InChI=1S/C17H21ClF3NO5/c1-16(2,3)27-14(23)6-7-22-9-15(24)25-10-11-4-5-13(12(18)8-11)26-17(19,20)21/h4-5,8,22H,6-7,9-10H2,1-3H3. The highest BCUT2D eigenvalue weighted by atomic mass is 35.5. The average Bonchev–Trinajstić information content (AvgIpc) is 2.49. The molecule has 0 amide bonds. The number of benzene rings is 1. The first-order valence-corrected chi connectivity index (χ1v) is 8.36. The number of carbonyl (C=O) groups excluding carboxylic acids is 2. The highest BCUT2D eigenvalue weighted by molar-refractivity contribution is 6.32. The van der Waals surface area contributed by atoms with Crippen LogP contribution in [0.4, 0.5) is 13.2 Å². The molecule has 1 rings (SSSR count). The van der Waals surface area contributed by atoms with E-state index in [1.807, 2.05) is 0 Å². The SMILES string of the molecule is CC(C)(C)OC(=O)CCNCC(=O)OCc1ccc(OC(F)(F)F)c(Cl)c1. The number of ether oxygens (including phenoxy) is 3. The second-order valence-corrected chi connectivity index (χ2v) is 6.89. The van der Waals surface area contributed by atoms with Gasteiger partial charge in [0.2, 0.25) is 0 Å². The van der Waals surface area contributed by atoms with E-state index in [9.17, 15) is 22.8 Å². The number of alkyl halides is 3. The molecule has 6 nitrogen and oxygen atoms in total. The Labute approximate surface area is 159 Å². The zero-order valence-corrected chi connectivity index (χ0v) is 15.9. The van der Waals surface area contributed by atoms with E-state index in [0.717, 1.165) is 6.07 Å². The van der Waals surface area contributed by atoms with Crippen molar-refractivity contribution in [3.8, 4) is 5.75 Å². The van der Waals surface area contributed by atoms with Crippen molar-refractivity contribution in [2.24, 2.45) is 0 Å². The van der Waals surface area contributed by atoms with Crippen LogP contribution in [0, 0.1) is 0 Å². The molecule has 1 aromatic rings. The fourth-order valence-electron chi connectivity index (χ4n) is 1.83. The zero-order chi connectivity index (χ0) is 20.7. The molecule has 0 aliphatic carbocycles. The molecule has 0 unspecified atom stereocenters. The van der Waals surface area contributed by atoms with Gasteiger partial charge in [-0.15, -0.1) is 13.2 Å². The van der Waals surface area contributed by atoms with Gasteiger partial charge in [0, 0.05) is 6.54 Å². The number of nitrogens with one attached hydrogen (secondary N) is 1. The normalized spacial score (nSPS) is 11.8. The van der Waals surface area contributed by atoms with E-state index in [4.69, 9.17) is 21.1 Å². The van der Waals surface area contributed by atoms with Crippen molar-refractivity contribution in [2.45, 2.75) is 45.8 Å². The maximum Gasteiger partial charge on any atom is 0.573 e. The first-order chi connectivity index (χ1) is 12.4. The Morgan fingerprint density at radius 3 is 2.37 bits per heavy atom. The maximum atomic E-state index is 12.2. The van der Waals surface area contributed by atoms with E-state index in [2.05, 4.69) is 10.1 Å². The monoisotopic (exact) mass is 411 g/mol. The van der Waals surface area contributed by atoms with Crippen LogP contribution >= 0.6 is 11.6 Å². The minimum Gasteiger partial charge on any atom is -0.460 e. The Morgan fingerprint density at radius 2 is 1.81 bits per heavy atom. The molecule has 152 valence electrons. The van der Waals surface area contributed by atoms with Crippen molar-refractivity contribution in [1.82, 2.24) is 5.32 Å². The van der Waals surface area contributed by atoms with Crippen LogP contribution in [-0.2, 0) is 25.7 Å². The van der Waals surface area contributed by atoms with Crippen LogP contribution in [0.15, 0.2) is 18.2 Å². The van der Waals surface area contributed by atoms with Gasteiger partial charge < -0.3 is 19.5 Å². The highest BCUT2D eigenvalue weighted by Gasteiger charge is 2.32. The van der Waals surface area contributed by atoms with E-state index in [1.165, 1.54) is 12.1 Å². The summed E-state index contributed by atoms with van der Waals surface area (Å²) in [6.45, 7) is 5.20. The van der Waals surface area contributed by atoms with E-state index >= 15 is 0 Å². The van der Waals surface area contributed by atoms with Crippen molar-refractivity contribution in [1.29, 1.82) is 0 Å². The second kappa shape index (κ2) is 9.80. The molecule has 0 fully saturated rings. The molecule has 0 heterocycles. The number of hydrogen-bond donors (Lipinski definition) is 1. The van der Waals surface area contributed by atoms with Gasteiger partial charge in [-0.05, 0) is 38.5 Å². The fourth-order valence-corrected chi connectivity index (χ4v) is 2.07. The van der Waals surface area contributed by atoms with Gasteiger partial charge in [-0.2, -0.15) is 0 Å². The van der Waals surface area contributed by atoms with Crippen molar-refractivity contribution in [3.05, 3.63) is 28.8 Å². The van der Waals surface area contributed by atoms with Gasteiger partial charge in [-0.3, -0.25) is 9.59 Å². The maximum absolute atomic E-state index is 12.2. The van der Waals surface area contributed by atoms with Gasteiger partial charge in [0.15, 0.2) is 0 Å². The number of esters is 2. The van der Waals surface area contributed by atoms with Crippen molar-refractivity contribution < 1.29 is 37.0 Å². The quantitative estimate of drug-likeness (QED) is 0.520.